The second kappa shape index (κ2) is 4.31. The summed E-state index contributed by atoms with van der Waals surface area (Å²) in [5.41, 5.74) is 2.75. The van der Waals surface area contributed by atoms with Gasteiger partial charge >= 0.3 is 0 Å². The fraction of sp³-hybridized carbons (Fsp3) is 0. The highest BCUT2D eigenvalue weighted by Crippen LogP contribution is 2.26. The summed E-state index contributed by atoms with van der Waals surface area (Å²) in [6, 6.07) is 7.94. The highest BCUT2D eigenvalue weighted by Gasteiger charge is 2.07. The SMILES string of the molecule is Brc1cc2c(Nc3ccc4[nH]ncc4c3)ncnc2[nH]1. The molecule has 0 saturated carbocycles. The van der Waals surface area contributed by atoms with Crippen LogP contribution in [0.25, 0.3) is 21.9 Å². The Morgan fingerprint density at radius 2 is 2.10 bits per heavy atom. The third-order valence-corrected chi connectivity index (χ3v) is 3.52. The van der Waals surface area contributed by atoms with E-state index in [9.17, 15) is 0 Å². The van der Waals surface area contributed by atoms with Crippen molar-refractivity contribution in [3.8, 4) is 0 Å². The first-order chi connectivity index (χ1) is 9.79. The maximum Gasteiger partial charge on any atom is 0.143 e. The zero-order valence-electron chi connectivity index (χ0n) is 10.2. The fourth-order valence-corrected chi connectivity index (χ4v) is 2.58. The normalized spacial score (nSPS) is 11.2. The number of aromatic nitrogens is 5. The summed E-state index contributed by atoms with van der Waals surface area (Å²) in [7, 11) is 0. The van der Waals surface area contributed by atoms with E-state index in [4.69, 9.17) is 0 Å². The van der Waals surface area contributed by atoms with E-state index in [0.717, 1.165) is 38.0 Å². The molecule has 6 nitrogen and oxygen atoms in total. The van der Waals surface area contributed by atoms with E-state index in [1.54, 1.807) is 6.20 Å². The van der Waals surface area contributed by atoms with Crippen LogP contribution in [0.3, 0.4) is 0 Å². The number of rotatable bonds is 2. The Hall–Kier alpha value is -2.41. The van der Waals surface area contributed by atoms with Crippen LogP contribution < -0.4 is 5.32 Å². The van der Waals surface area contributed by atoms with E-state index in [-0.39, 0.29) is 0 Å². The van der Waals surface area contributed by atoms with E-state index < -0.39 is 0 Å². The van der Waals surface area contributed by atoms with Gasteiger partial charge in [0, 0.05) is 11.1 Å². The minimum absolute atomic E-state index is 0.764. The smallest absolute Gasteiger partial charge is 0.143 e. The molecule has 0 spiro atoms. The predicted octanol–water partition coefficient (Wildman–Crippen LogP) is 3.34. The van der Waals surface area contributed by atoms with Crippen molar-refractivity contribution >= 4 is 49.4 Å². The molecule has 4 rings (SSSR count). The van der Waals surface area contributed by atoms with Gasteiger partial charge in [-0.3, -0.25) is 5.10 Å². The summed E-state index contributed by atoms with van der Waals surface area (Å²) < 4.78 is 0.876. The summed E-state index contributed by atoms with van der Waals surface area (Å²) in [6.45, 7) is 0. The van der Waals surface area contributed by atoms with Crippen LogP contribution in [0.4, 0.5) is 11.5 Å². The van der Waals surface area contributed by atoms with Crippen LogP contribution in [-0.2, 0) is 0 Å². The summed E-state index contributed by atoms with van der Waals surface area (Å²) in [6.07, 6.45) is 3.33. The van der Waals surface area contributed by atoms with E-state index in [2.05, 4.69) is 46.4 Å². The van der Waals surface area contributed by atoms with Gasteiger partial charge in [-0.15, -0.1) is 0 Å². The third-order valence-electron chi connectivity index (χ3n) is 3.10. The monoisotopic (exact) mass is 328 g/mol. The molecule has 0 fully saturated rings. The van der Waals surface area contributed by atoms with E-state index >= 15 is 0 Å². The molecule has 0 saturated heterocycles. The molecular formula is C13H9BrN6. The summed E-state index contributed by atoms with van der Waals surface area (Å²) >= 11 is 3.41. The van der Waals surface area contributed by atoms with Gasteiger partial charge in [-0.25, -0.2) is 9.97 Å². The average molecular weight is 329 g/mol. The maximum atomic E-state index is 4.30. The largest absolute Gasteiger partial charge is 0.340 e. The summed E-state index contributed by atoms with van der Waals surface area (Å²) in [4.78, 5) is 11.6. The molecule has 3 N–H and O–H groups in total. The Bertz CT molecular complexity index is 909. The van der Waals surface area contributed by atoms with Crippen molar-refractivity contribution < 1.29 is 0 Å². The van der Waals surface area contributed by atoms with Crippen molar-refractivity contribution in [2.45, 2.75) is 0 Å². The van der Waals surface area contributed by atoms with Gasteiger partial charge in [-0.05, 0) is 40.2 Å². The number of fused-ring (bicyclic) bond motifs is 2. The Kier molecular flexibility index (Phi) is 2.46. The highest BCUT2D eigenvalue weighted by atomic mass is 79.9. The van der Waals surface area contributed by atoms with Gasteiger partial charge in [0.05, 0.1) is 21.7 Å². The van der Waals surface area contributed by atoms with Crippen LogP contribution in [0.5, 0.6) is 0 Å². The quantitative estimate of drug-likeness (QED) is 0.527. The second-order valence-corrected chi connectivity index (χ2v) is 5.25. The highest BCUT2D eigenvalue weighted by molar-refractivity contribution is 9.10. The lowest BCUT2D eigenvalue weighted by molar-refractivity contribution is 1.12. The summed E-state index contributed by atoms with van der Waals surface area (Å²) in [5, 5.41) is 12.2. The van der Waals surface area contributed by atoms with Crippen molar-refractivity contribution in [2.24, 2.45) is 0 Å². The average Bonchev–Trinajstić information content (AvgIpc) is 3.04. The number of hydrogen-bond acceptors (Lipinski definition) is 4. The first-order valence-electron chi connectivity index (χ1n) is 5.99. The molecule has 0 aliphatic carbocycles. The number of aromatic amines is 2. The Morgan fingerprint density at radius 1 is 1.15 bits per heavy atom. The maximum absolute atomic E-state index is 4.30. The molecule has 0 atom stereocenters. The van der Waals surface area contributed by atoms with Crippen LogP contribution in [-0.4, -0.2) is 25.1 Å². The van der Waals surface area contributed by atoms with E-state index in [0.29, 0.717) is 0 Å². The Labute approximate surface area is 121 Å². The minimum Gasteiger partial charge on any atom is -0.340 e. The van der Waals surface area contributed by atoms with Gasteiger partial charge in [0.25, 0.3) is 0 Å². The van der Waals surface area contributed by atoms with Crippen molar-refractivity contribution in [1.82, 2.24) is 25.1 Å². The fourth-order valence-electron chi connectivity index (χ4n) is 2.16. The molecule has 98 valence electrons. The third kappa shape index (κ3) is 1.83. The van der Waals surface area contributed by atoms with E-state index in [1.165, 1.54) is 6.33 Å². The molecule has 0 radical (unpaired) electrons. The van der Waals surface area contributed by atoms with Gasteiger partial charge in [0.1, 0.15) is 17.8 Å². The molecular weight excluding hydrogens is 320 g/mol. The first kappa shape index (κ1) is 11.4. The van der Waals surface area contributed by atoms with Gasteiger partial charge in [-0.2, -0.15) is 5.10 Å². The predicted molar refractivity (Wildman–Crippen MR) is 81.0 cm³/mol. The topological polar surface area (TPSA) is 82.3 Å². The molecule has 0 aliphatic heterocycles. The van der Waals surface area contributed by atoms with Crippen molar-refractivity contribution in [1.29, 1.82) is 0 Å². The first-order valence-corrected chi connectivity index (χ1v) is 6.78. The standard InChI is InChI=1S/C13H9BrN6/c14-11-4-9-12(15-6-16-13(9)19-11)18-8-1-2-10-7(3-8)5-17-20-10/h1-6H,(H,17,20)(H2,15,16,18,19). The lowest BCUT2D eigenvalue weighted by Gasteiger charge is -2.06. The molecule has 20 heavy (non-hydrogen) atoms. The van der Waals surface area contributed by atoms with Gasteiger partial charge < -0.3 is 10.3 Å². The lowest BCUT2D eigenvalue weighted by Crippen LogP contribution is -1.94. The van der Waals surface area contributed by atoms with Crippen LogP contribution in [0.15, 0.2) is 41.4 Å². The number of H-pyrrole nitrogens is 2. The van der Waals surface area contributed by atoms with Crippen LogP contribution in [0.1, 0.15) is 0 Å². The zero-order chi connectivity index (χ0) is 13.5. The molecule has 7 heteroatoms. The molecule has 3 heterocycles. The molecule has 0 amide bonds. The number of benzene rings is 1. The van der Waals surface area contributed by atoms with Crippen molar-refractivity contribution in [3.63, 3.8) is 0 Å². The number of nitrogens with zero attached hydrogens (tertiary/aromatic N) is 3. The number of hydrogen-bond donors (Lipinski definition) is 3. The Balaban J connectivity index is 1.79. The van der Waals surface area contributed by atoms with Crippen LogP contribution >= 0.6 is 15.9 Å². The minimum atomic E-state index is 0.764. The number of halogens is 1. The van der Waals surface area contributed by atoms with Crippen LogP contribution in [0, 0.1) is 0 Å². The Morgan fingerprint density at radius 3 is 3.05 bits per heavy atom. The zero-order valence-corrected chi connectivity index (χ0v) is 11.8. The van der Waals surface area contributed by atoms with Gasteiger partial charge in [0.15, 0.2) is 0 Å². The number of anilines is 2. The molecule has 0 unspecified atom stereocenters. The molecule has 0 aliphatic rings. The van der Waals surface area contributed by atoms with Crippen LogP contribution in [0.2, 0.25) is 0 Å². The molecule has 3 aromatic heterocycles. The lowest BCUT2D eigenvalue weighted by atomic mass is 10.2. The molecule has 4 aromatic rings. The molecule has 1 aromatic carbocycles. The van der Waals surface area contributed by atoms with Crippen molar-refractivity contribution in [2.75, 3.05) is 5.32 Å². The summed E-state index contributed by atoms with van der Waals surface area (Å²) in [5.74, 6) is 0.764. The molecule has 0 bridgehead atoms. The van der Waals surface area contributed by atoms with E-state index in [1.807, 2.05) is 24.3 Å². The van der Waals surface area contributed by atoms with Gasteiger partial charge in [0.2, 0.25) is 0 Å². The second-order valence-electron chi connectivity index (χ2n) is 4.40. The number of nitrogens with one attached hydrogen (secondary N) is 3. The van der Waals surface area contributed by atoms with Crippen molar-refractivity contribution in [3.05, 3.63) is 41.4 Å². The van der Waals surface area contributed by atoms with Gasteiger partial charge in [-0.1, -0.05) is 0 Å².